The van der Waals surface area contributed by atoms with Crippen LogP contribution in [0.2, 0.25) is 0 Å². The minimum absolute atomic E-state index is 0.869. The van der Waals surface area contributed by atoms with E-state index in [9.17, 15) is 0 Å². The fourth-order valence-corrected chi connectivity index (χ4v) is 1.34. The Bertz CT molecular complexity index is 157. The van der Waals surface area contributed by atoms with Crippen LogP contribution in [-0.2, 0) is 4.74 Å². The fourth-order valence-electron chi connectivity index (χ4n) is 1.34. The van der Waals surface area contributed by atoms with Gasteiger partial charge in [-0.3, -0.25) is 4.99 Å². The van der Waals surface area contributed by atoms with Crippen molar-refractivity contribution in [3.63, 3.8) is 0 Å². The minimum Gasteiger partial charge on any atom is -0.381 e. The van der Waals surface area contributed by atoms with Crippen molar-refractivity contribution in [1.82, 2.24) is 5.32 Å². The smallest absolute Gasteiger partial charge is 0.0963 e. The molecule has 13 heavy (non-hydrogen) atoms. The largest absolute Gasteiger partial charge is 0.381 e. The van der Waals surface area contributed by atoms with E-state index in [1.54, 1.807) is 0 Å². The van der Waals surface area contributed by atoms with E-state index in [0.717, 1.165) is 45.6 Å². The Kier molecular flexibility index (Phi) is 5.57. The lowest BCUT2D eigenvalue weighted by molar-refractivity contribution is 0.133. The zero-order valence-corrected chi connectivity index (χ0v) is 8.51. The summed E-state index contributed by atoms with van der Waals surface area (Å²) in [5.41, 5.74) is 0. The van der Waals surface area contributed by atoms with E-state index in [1.807, 2.05) is 0 Å². The second kappa shape index (κ2) is 6.89. The molecule has 3 heteroatoms. The predicted molar refractivity (Wildman–Crippen MR) is 55.3 cm³/mol. The first kappa shape index (κ1) is 10.5. The van der Waals surface area contributed by atoms with Gasteiger partial charge in [-0.15, -0.1) is 0 Å². The van der Waals surface area contributed by atoms with Crippen LogP contribution in [0.5, 0.6) is 0 Å². The van der Waals surface area contributed by atoms with Crippen LogP contribution in [-0.4, -0.2) is 32.1 Å². The Labute approximate surface area is 80.6 Å². The topological polar surface area (TPSA) is 33.6 Å². The van der Waals surface area contributed by atoms with E-state index in [2.05, 4.69) is 17.2 Å². The maximum atomic E-state index is 5.37. The Morgan fingerprint density at radius 2 is 2.38 bits per heavy atom. The molecule has 0 radical (unpaired) electrons. The molecule has 0 saturated carbocycles. The third-order valence-corrected chi connectivity index (χ3v) is 2.02. The molecule has 0 aromatic heterocycles. The van der Waals surface area contributed by atoms with E-state index in [4.69, 9.17) is 4.74 Å². The summed E-state index contributed by atoms with van der Waals surface area (Å²) in [6.45, 7) is 5.90. The first-order chi connectivity index (χ1) is 6.43. The van der Waals surface area contributed by atoms with Crippen LogP contribution in [0.25, 0.3) is 0 Å². The van der Waals surface area contributed by atoms with E-state index < -0.39 is 0 Å². The Hall–Kier alpha value is -0.570. The van der Waals surface area contributed by atoms with Crippen LogP contribution in [0.3, 0.4) is 0 Å². The first-order valence-corrected chi connectivity index (χ1v) is 5.28. The Balaban J connectivity index is 1.83. The van der Waals surface area contributed by atoms with E-state index in [-0.39, 0.29) is 0 Å². The van der Waals surface area contributed by atoms with Gasteiger partial charge in [0.05, 0.1) is 5.84 Å². The number of amidine groups is 1. The summed E-state index contributed by atoms with van der Waals surface area (Å²) in [7, 11) is 0. The SMILES string of the molecule is CCCOCCCNC1=NCCC1. The maximum absolute atomic E-state index is 5.37. The number of ether oxygens (including phenoxy) is 1. The highest BCUT2D eigenvalue weighted by molar-refractivity contribution is 5.83. The monoisotopic (exact) mass is 184 g/mol. The standard InChI is InChI=1S/C10H20N2O/c1-2-8-13-9-4-7-12-10-5-3-6-11-10/h2-9H2,1H3,(H,11,12). The summed E-state index contributed by atoms with van der Waals surface area (Å²) in [5, 5.41) is 3.33. The molecule has 76 valence electrons. The van der Waals surface area contributed by atoms with Crippen LogP contribution in [0, 0.1) is 0 Å². The van der Waals surface area contributed by atoms with Gasteiger partial charge in [-0.1, -0.05) is 6.92 Å². The molecule has 0 bridgehead atoms. The molecule has 1 aliphatic heterocycles. The van der Waals surface area contributed by atoms with Gasteiger partial charge in [-0.05, 0) is 19.3 Å². The van der Waals surface area contributed by atoms with Gasteiger partial charge < -0.3 is 10.1 Å². The van der Waals surface area contributed by atoms with Crippen LogP contribution in [0.1, 0.15) is 32.6 Å². The number of aliphatic imine (C=N–C) groups is 1. The predicted octanol–water partition coefficient (Wildman–Crippen LogP) is 1.58. The molecule has 0 saturated heterocycles. The molecule has 1 rings (SSSR count). The van der Waals surface area contributed by atoms with Crippen molar-refractivity contribution in [1.29, 1.82) is 0 Å². The van der Waals surface area contributed by atoms with E-state index in [1.165, 1.54) is 12.3 Å². The number of hydrogen-bond acceptors (Lipinski definition) is 3. The molecule has 0 aromatic carbocycles. The van der Waals surface area contributed by atoms with Gasteiger partial charge in [0.1, 0.15) is 0 Å². The summed E-state index contributed by atoms with van der Waals surface area (Å²) >= 11 is 0. The maximum Gasteiger partial charge on any atom is 0.0963 e. The van der Waals surface area contributed by atoms with Gasteiger partial charge in [-0.25, -0.2) is 0 Å². The number of rotatable bonds is 6. The summed E-state index contributed by atoms with van der Waals surface area (Å²) < 4.78 is 5.37. The molecule has 1 heterocycles. The lowest BCUT2D eigenvalue weighted by Gasteiger charge is -2.05. The highest BCUT2D eigenvalue weighted by Gasteiger charge is 2.03. The third-order valence-electron chi connectivity index (χ3n) is 2.02. The van der Waals surface area contributed by atoms with Gasteiger partial charge in [-0.2, -0.15) is 0 Å². The van der Waals surface area contributed by atoms with Crippen LogP contribution in [0.15, 0.2) is 4.99 Å². The normalized spacial score (nSPS) is 15.9. The summed E-state index contributed by atoms with van der Waals surface area (Å²) in [6.07, 6.45) is 4.55. The molecule has 0 aromatic rings. The van der Waals surface area contributed by atoms with Crippen molar-refractivity contribution >= 4 is 5.84 Å². The molecule has 0 atom stereocenters. The molecule has 1 aliphatic rings. The minimum atomic E-state index is 0.869. The molecule has 0 fully saturated rings. The summed E-state index contributed by atoms with van der Waals surface area (Å²) in [6, 6.07) is 0. The zero-order chi connectivity index (χ0) is 9.36. The van der Waals surface area contributed by atoms with Crippen molar-refractivity contribution in [3.05, 3.63) is 0 Å². The highest BCUT2D eigenvalue weighted by atomic mass is 16.5. The van der Waals surface area contributed by atoms with Gasteiger partial charge in [0.15, 0.2) is 0 Å². The quantitative estimate of drug-likeness (QED) is 0.636. The molecule has 1 N–H and O–H groups in total. The summed E-state index contributed by atoms with van der Waals surface area (Å²) in [5.74, 6) is 1.19. The van der Waals surface area contributed by atoms with Crippen molar-refractivity contribution in [2.45, 2.75) is 32.6 Å². The lowest BCUT2D eigenvalue weighted by Crippen LogP contribution is -2.23. The number of hydrogen-bond donors (Lipinski definition) is 1. The first-order valence-electron chi connectivity index (χ1n) is 5.28. The Morgan fingerprint density at radius 3 is 3.08 bits per heavy atom. The number of nitrogens with one attached hydrogen (secondary N) is 1. The molecule has 3 nitrogen and oxygen atoms in total. The highest BCUT2D eigenvalue weighted by Crippen LogP contribution is 2.00. The van der Waals surface area contributed by atoms with Gasteiger partial charge in [0.25, 0.3) is 0 Å². The molecule has 0 amide bonds. The molecular weight excluding hydrogens is 164 g/mol. The summed E-state index contributed by atoms with van der Waals surface area (Å²) in [4.78, 5) is 4.33. The van der Waals surface area contributed by atoms with Gasteiger partial charge in [0, 0.05) is 32.7 Å². The van der Waals surface area contributed by atoms with Gasteiger partial charge >= 0.3 is 0 Å². The zero-order valence-electron chi connectivity index (χ0n) is 8.51. The molecule has 0 spiro atoms. The second-order valence-electron chi connectivity index (χ2n) is 3.32. The van der Waals surface area contributed by atoms with E-state index >= 15 is 0 Å². The third kappa shape index (κ3) is 4.88. The van der Waals surface area contributed by atoms with Crippen LogP contribution in [0.4, 0.5) is 0 Å². The van der Waals surface area contributed by atoms with E-state index in [0.29, 0.717) is 0 Å². The average Bonchev–Trinajstić information content (AvgIpc) is 2.63. The molecular formula is C10H20N2O. The molecule has 0 unspecified atom stereocenters. The average molecular weight is 184 g/mol. The van der Waals surface area contributed by atoms with Crippen molar-refractivity contribution in [3.8, 4) is 0 Å². The molecule has 0 aliphatic carbocycles. The van der Waals surface area contributed by atoms with Crippen LogP contribution >= 0.6 is 0 Å². The van der Waals surface area contributed by atoms with Crippen molar-refractivity contribution in [2.24, 2.45) is 4.99 Å². The number of nitrogens with zero attached hydrogens (tertiary/aromatic N) is 1. The van der Waals surface area contributed by atoms with Crippen LogP contribution < -0.4 is 5.32 Å². The second-order valence-corrected chi connectivity index (χ2v) is 3.32. The van der Waals surface area contributed by atoms with Gasteiger partial charge in [0.2, 0.25) is 0 Å². The van der Waals surface area contributed by atoms with Crippen molar-refractivity contribution in [2.75, 3.05) is 26.3 Å². The fraction of sp³-hybridized carbons (Fsp3) is 0.900. The lowest BCUT2D eigenvalue weighted by atomic mass is 10.3. The Morgan fingerprint density at radius 1 is 1.46 bits per heavy atom. The van der Waals surface area contributed by atoms with Crippen molar-refractivity contribution < 1.29 is 4.74 Å².